The fraction of sp³-hybridized carbons (Fsp3) is 0.200. The molecule has 0 radical (unpaired) electrons. The predicted octanol–water partition coefficient (Wildman–Crippen LogP) is 4.10. The van der Waals surface area contributed by atoms with E-state index in [2.05, 4.69) is 37.1 Å². The molecule has 30 heavy (non-hydrogen) atoms. The lowest BCUT2D eigenvalue weighted by Crippen LogP contribution is -2.36. The van der Waals surface area contributed by atoms with Gasteiger partial charge in [0.2, 0.25) is 5.91 Å². The smallest absolute Gasteiger partial charge is 0.243 e. The number of carbonyl (C=O) groups excluding carboxylic acids is 1. The standard InChI is InChI=1S/C20H17Cl2FN6O/c1-2-17(30)27-11-5-6-29(9-11)16-7-12-15(8-24-16)25-10-26-20(12)28-14-4-3-13(21)18(22)19(14)23/h2-4,7-8,10-11H,1,5-6,9H2,(H,27,30)(H,25,26,28). The molecular weight excluding hydrogens is 430 g/mol. The van der Waals surface area contributed by atoms with Crippen molar-refractivity contribution in [3.8, 4) is 0 Å². The number of rotatable bonds is 5. The van der Waals surface area contributed by atoms with Crippen LogP contribution >= 0.6 is 23.2 Å². The van der Waals surface area contributed by atoms with Crippen molar-refractivity contribution < 1.29 is 9.18 Å². The maximum atomic E-state index is 14.5. The summed E-state index contributed by atoms with van der Waals surface area (Å²) in [6.45, 7) is 4.83. The zero-order chi connectivity index (χ0) is 21.3. The van der Waals surface area contributed by atoms with Crippen molar-refractivity contribution in [2.24, 2.45) is 0 Å². The molecular formula is C20H17Cl2FN6O. The first-order valence-electron chi connectivity index (χ1n) is 9.15. The molecule has 1 unspecified atom stereocenters. The van der Waals surface area contributed by atoms with Gasteiger partial charge in [-0.15, -0.1) is 0 Å². The van der Waals surface area contributed by atoms with Crippen molar-refractivity contribution in [1.29, 1.82) is 0 Å². The summed E-state index contributed by atoms with van der Waals surface area (Å²) in [6.07, 6.45) is 5.06. The van der Waals surface area contributed by atoms with Gasteiger partial charge in [0.15, 0.2) is 5.82 Å². The first-order chi connectivity index (χ1) is 14.5. The van der Waals surface area contributed by atoms with Crippen molar-refractivity contribution in [2.75, 3.05) is 23.3 Å². The number of aromatic nitrogens is 3. The van der Waals surface area contributed by atoms with Gasteiger partial charge in [-0.25, -0.2) is 19.3 Å². The zero-order valence-electron chi connectivity index (χ0n) is 15.7. The molecule has 1 saturated heterocycles. The number of nitrogens with one attached hydrogen (secondary N) is 2. The van der Waals surface area contributed by atoms with Gasteiger partial charge in [-0.2, -0.15) is 0 Å². The van der Waals surface area contributed by atoms with Crippen LogP contribution in [0.2, 0.25) is 10.0 Å². The van der Waals surface area contributed by atoms with Crippen LogP contribution in [0.15, 0.2) is 43.4 Å². The molecule has 10 heteroatoms. The highest BCUT2D eigenvalue weighted by Gasteiger charge is 2.25. The number of anilines is 3. The first-order valence-corrected chi connectivity index (χ1v) is 9.91. The number of nitrogens with zero attached hydrogens (tertiary/aromatic N) is 4. The van der Waals surface area contributed by atoms with Gasteiger partial charge >= 0.3 is 0 Å². The fourth-order valence-electron chi connectivity index (χ4n) is 3.32. The highest BCUT2D eigenvalue weighted by Crippen LogP contribution is 2.33. The van der Waals surface area contributed by atoms with Crippen LogP contribution in [0.4, 0.5) is 21.7 Å². The molecule has 0 aliphatic carbocycles. The van der Waals surface area contributed by atoms with Gasteiger partial charge in [0.05, 0.1) is 27.4 Å². The normalized spacial score (nSPS) is 16.0. The molecule has 1 aliphatic heterocycles. The molecule has 0 spiro atoms. The summed E-state index contributed by atoms with van der Waals surface area (Å²) >= 11 is 11.8. The Bertz CT molecular complexity index is 1140. The molecule has 2 N–H and O–H groups in total. The summed E-state index contributed by atoms with van der Waals surface area (Å²) in [5, 5.41) is 6.50. The summed E-state index contributed by atoms with van der Waals surface area (Å²) in [5.41, 5.74) is 0.753. The third-order valence-corrected chi connectivity index (χ3v) is 5.62. The first kappa shape index (κ1) is 20.3. The van der Waals surface area contributed by atoms with Gasteiger partial charge in [-0.1, -0.05) is 29.8 Å². The van der Waals surface area contributed by atoms with Crippen LogP contribution in [0, 0.1) is 5.82 Å². The molecule has 3 heterocycles. The van der Waals surface area contributed by atoms with Crippen LogP contribution in [-0.2, 0) is 4.79 Å². The molecule has 1 aliphatic rings. The highest BCUT2D eigenvalue weighted by atomic mass is 35.5. The summed E-state index contributed by atoms with van der Waals surface area (Å²) in [4.78, 5) is 26.6. The Morgan fingerprint density at radius 2 is 2.13 bits per heavy atom. The van der Waals surface area contributed by atoms with E-state index in [9.17, 15) is 9.18 Å². The Kier molecular flexibility index (Phi) is 5.69. The summed E-state index contributed by atoms with van der Waals surface area (Å²) in [5.74, 6) is 0.268. The molecule has 7 nitrogen and oxygen atoms in total. The zero-order valence-corrected chi connectivity index (χ0v) is 17.2. The predicted molar refractivity (Wildman–Crippen MR) is 116 cm³/mol. The molecule has 154 valence electrons. The lowest BCUT2D eigenvalue weighted by Gasteiger charge is -2.18. The van der Waals surface area contributed by atoms with Gasteiger partial charge in [0.1, 0.15) is 18.0 Å². The van der Waals surface area contributed by atoms with Gasteiger partial charge in [-0.3, -0.25) is 4.79 Å². The Balaban J connectivity index is 1.63. The van der Waals surface area contributed by atoms with E-state index in [1.807, 2.05) is 6.07 Å². The number of carbonyl (C=O) groups is 1. The molecule has 4 rings (SSSR count). The number of hydrogen-bond donors (Lipinski definition) is 2. The van der Waals surface area contributed by atoms with Gasteiger partial charge in [0.25, 0.3) is 0 Å². The van der Waals surface area contributed by atoms with E-state index in [-0.39, 0.29) is 27.7 Å². The van der Waals surface area contributed by atoms with E-state index < -0.39 is 5.82 Å². The van der Waals surface area contributed by atoms with Gasteiger partial charge in [-0.05, 0) is 30.7 Å². The summed E-state index contributed by atoms with van der Waals surface area (Å²) < 4.78 is 14.5. The van der Waals surface area contributed by atoms with E-state index >= 15 is 0 Å². The Labute approximate surface area is 181 Å². The highest BCUT2D eigenvalue weighted by molar-refractivity contribution is 6.42. The van der Waals surface area contributed by atoms with Crippen LogP contribution in [0.5, 0.6) is 0 Å². The second-order valence-corrected chi connectivity index (χ2v) is 7.56. The average Bonchev–Trinajstić information content (AvgIpc) is 3.22. The third-order valence-electron chi connectivity index (χ3n) is 4.84. The van der Waals surface area contributed by atoms with Crippen molar-refractivity contribution in [2.45, 2.75) is 12.5 Å². The molecule has 1 fully saturated rings. The Morgan fingerprint density at radius 1 is 1.30 bits per heavy atom. The van der Waals surface area contributed by atoms with E-state index in [0.717, 1.165) is 13.0 Å². The van der Waals surface area contributed by atoms with Crippen LogP contribution < -0.4 is 15.5 Å². The molecule has 0 bridgehead atoms. The molecule has 1 atom stereocenters. The van der Waals surface area contributed by atoms with E-state index in [1.165, 1.54) is 24.5 Å². The second kappa shape index (κ2) is 8.41. The van der Waals surface area contributed by atoms with Crippen molar-refractivity contribution in [1.82, 2.24) is 20.3 Å². The number of pyridine rings is 1. The maximum Gasteiger partial charge on any atom is 0.243 e. The van der Waals surface area contributed by atoms with Crippen LogP contribution in [0.1, 0.15) is 6.42 Å². The fourth-order valence-corrected chi connectivity index (χ4v) is 3.63. The minimum Gasteiger partial charge on any atom is -0.354 e. The Hall–Kier alpha value is -2.97. The largest absolute Gasteiger partial charge is 0.354 e. The number of benzene rings is 1. The number of halogens is 3. The number of amides is 1. The van der Waals surface area contributed by atoms with E-state index in [4.69, 9.17) is 23.2 Å². The molecule has 0 saturated carbocycles. The topological polar surface area (TPSA) is 83.0 Å². The lowest BCUT2D eigenvalue weighted by atomic mass is 10.2. The second-order valence-electron chi connectivity index (χ2n) is 6.77. The number of hydrogen-bond acceptors (Lipinski definition) is 6. The SMILES string of the molecule is C=CC(=O)NC1CCN(c2cc3c(Nc4ccc(Cl)c(Cl)c4F)ncnc3cn2)C1. The lowest BCUT2D eigenvalue weighted by molar-refractivity contribution is -0.117. The summed E-state index contributed by atoms with van der Waals surface area (Å²) in [6, 6.07) is 4.86. The van der Waals surface area contributed by atoms with Crippen LogP contribution in [0.3, 0.4) is 0 Å². The van der Waals surface area contributed by atoms with Crippen molar-refractivity contribution >= 4 is 57.3 Å². The van der Waals surface area contributed by atoms with E-state index in [0.29, 0.717) is 29.1 Å². The number of fused-ring (bicyclic) bond motifs is 1. The van der Waals surface area contributed by atoms with E-state index in [1.54, 1.807) is 6.20 Å². The third kappa shape index (κ3) is 4.01. The monoisotopic (exact) mass is 446 g/mol. The quantitative estimate of drug-likeness (QED) is 0.453. The maximum absolute atomic E-state index is 14.5. The van der Waals surface area contributed by atoms with Crippen molar-refractivity contribution in [3.63, 3.8) is 0 Å². The summed E-state index contributed by atoms with van der Waals surface area (Å²) in [7, 11) is 0. The average molecular weight is 447 g/mol. The van der Waals surface area contributed by atoms with Crippen LogP contribution in [0.25, 0.3) is 10.9 Å². The Morgan fingerprint density at radius 3 is 2.93 bits per heavy atom. The van der Waals surface area contributed by atoms with Gasteiger partial charge in [0, 0.05) is 24.5 Å². The minimum absolute atomic E-state index is 0.0166. The van der Waals surface area contributed by atoms with Gasteiger partial charge < -0.3 is 15.5 Å². The molecule has 2 aromatic heterocycles. The molecule has 3 aromatic rings. The molecule has 1 aromatic carbocycles. The van der Waals surface area contributed by atoms with Crippen LogP contribution in [-0.4, -0.2) is 40.0 Å². The minimum atomic E-state index is -0.662. The molecule has 1 amide bonds. The van der Waals surface area contributed by atoms with Crippen molar-refractivity contribution in [3.05, 3.63) is 59.2 Å².